The molecular weight excluding hydrogens is 288 g/mol. The van der Waals surface area contributed by atoms with Crippen LogP contribution >= 0.6 is 0 Å². The van der Waals surface area contributed by atoms with Gasteiger partial charge in [0.15, 0.2) is 12.6 Å². The van der Waals surface area contributed by atoms with Gasteiger partial charge in [0.2, 0.25) is 0 Å². The van der Waals surface area contributed by atoms with E-state index >= 15 is 0 Å². The second-order valence-electron chi connectivity index (χ2n) is 5.34. The molecule has 0 aliphatic carbocycles. The molecule has 0 saturated carbocycles. The van der Waals surface area contributed by atoms with Crippen LogP contribution < -0.4 is 0 Å². The predicted octanol–water partition coefficient (Wildman–Crippen LogP) is -3.34. The number of hydrogen-bond donors (Lipinski definition) is 6. The van der Waals surface area contributed by atoms with Crippen LogP contribution in [0.5, 0.6) is 0 Å². The molecule has 124 valence electrons. The van der Waals surface area contributed by atoms with Crippen LogP contribution in [0.2, 0.25) is 0 Å². The van der Waals surface area contributed by atoms with E-state index < -0.39 is 55.8 Å². The van der Waals surface area contributed by atoms with E-state index in [2.05, 4.69) is 0 Å². The van der Waals surface area contributed by atoms with Gasteiger partial charge in [0.1, 0.15) is 24.4 Å². The van der Waals surface area contributed by atoms with E-state index in [1.165, 1.54) is 0 Å². The summed E-state index contributed by atoms with van der Waals surface area (Å²) in [4.78, 5) is 0. The molecule has 0 aromatic carbocycles. The van der Waals surface area contributed by atoms with Gasteiger partial charge >= 0.3 is 0 Å². The molecule has 2 saturated heterocycles. The molecule has 0 spiro atoms. The highest BCUT2D eigenvalue weighted by molar-refractivity contribution is 4.84. The SMILES string of the molecule is OCC1O[C@H](OC[C@H]2O[C@H](O)C[C@@H](O)[C@@H]2O)CC(O)[C@@H]1O. The van der Waals surface area contributed by atoms with Crippen LogP contribution in [0.3, 0.4) is 0 Å². The summed E-state index contributed by atoms with van der Waals surface area (Å²) in [6.45, 7) is -0.654. The molecule has 2 aliphatic rings. The summed E-state index contributed by atoms with van der Waals surface area (Å²) >= 11 is 0. The molecule has 0 bridgehead atoms. The second kappa shape index (κ2) is 7.27. The number of hydrogen-bond acceptors (Lipinski definition) is 9. The topological polar surface area (TPSA) is 149 Å². The zero-order valence-corrected chi connectivity index (χ0v) is 11.4. The van der Waals surface area contributed by atoms with E-state index in [1.54, 1.807) is 0 Å². The van der Waals surface area contributed by atoms with Gasteiger partial charge in [-0.15, -0.1) is 0 Å². The summed E-state index contributed by atoms with van der Waals surface area (Å²) in [5.74, 6) is 0. The molecule has 2 rings (SSSR count). The monoisotopic (exact) mass is 310 g/mol. The van der Waals surface area contributed by atoms with E-state index in [9.17, 15) is 25.5 Å². The first-order valence-electron chi connectivity index (χ1n) is 6.86. The largest absolute Gasteiger partial charge is 0.394 e. The van der Waals surface area contributed by atoms with E-state index in [0.717, 1.165) is 0 Å². The molecule has 8 atom stereocenters. The smallest absolute Gasteiger partial charge is 0.160 e. The molecular formula is C12H22O9. The third kappa shape index (κ3) is 4.09. The maximum absolute atomic E-state index is 9.74. The first kappa shape index (κ1) is 17.0. The van der Waals surface area contributed by atoms with Crippen LogP contribution in [-0.2, 0) is 14.2 Å². The van der Waals surface area contributed by atoms with Gasteiger partial charge in [-0.3, -0.25) is 0 Å². The van der Waals surface area contributed by atoms with Gasteiger partial charge in [-0.25, -0.2) is 0 Å². The van der Waals surface area contributed by atoms with Gasteiger partial charge in [0, 0.05) is 12.8 Å². The van der Waals surface area contributed by atoms with Crippen LogP contribution in [0.15, 0.2) is 0 Å². The van der Waals surface area contributed by atoms with Crippen molar-refractivity contribution < 1.29 is 44.8 Å². The second-order valence-corrected chi connectivity index (χ2v) is 5.34. The first-order chi connectivity index (χ1) is 9.92. The molecule has 0 amide bonds. The summed E-state index contributed by atoms with van der Waals surface area (Å²) in [5.41, 5.74) is 0. The van der Waals surface area contributed by atoms with E-state index in [1.807, 2.05) is 0 Å². The van der Waals surface area contributed by atoms with Crippen molar-refractivity contribution in [1.82, 2.24) is 0 Å². The van der Waals surface area contributed by atoms with E-state index in [0.29, 0.717) is 0 Å². The first-order valence-corrected chi connectivity index (χ1v) is 6.86. The minimum absolute atomic E-state index is 0.00834. The zero-order chi connectivity index (χ0) is 15.6. The molecule has 9 heteroatoms. The quantitative estimate of drug-likeness (QED) is 0.313. The average Bonchev–Trinajstić information content (AvgIpc) is 2.44. The fourth-order valence-electron chi connectivity index (χ4n) is 2.45. The maximum atomic E-state index is 9.74. The molecule has 2 aliphatic heterocycles. The Bertz CT molecular complexity index is 328. The fraction of sp³-hybridized carbons (Fsp3) is 1.00. The van der Waals surface area contributed by atoms with Crippen molar-refractivity contribution in [3.63, 3.8) is 0 Å². The minimum atomic E-state index is -1.21. The highest BCUT2D eigenvalue weighted by Crippen LogP contribution is 2.24. The van der Waals surface area contributed by atoms with Crippen LogP contribution in [-0.4, -0.2) is 93.1 Å². The predicted molar refractivity (Wildman–Crippen MR) is 65.8 cm³/mol. The highest BCUT2D eigenvalue weighted by Gasteiger charge is 2.39. The van der Waals surface area contributed by atoms with Crippen molar-refractivity contribution in [2.45, 2.75) is 62.0 Å². The molecule has 6 N–H and O–H groups in total. The standard InChI is InChI=1S/C12H22O9/c13-3-7-11(17)6(15)2-10(21-7)19-4-8-12(18)5(14)1-9(16)20-8/h5-18H,1-4H2/t5-,6?,7?,8-,9+,10+,11+,12+/m1/s1. The van der Waals surface area contributed by atoms with Crippen molar-refractivity contribution in [2.24, 2.45) is 0 Å². The normalized spacial score (nSPS) is 48.3. The lowest BCUT2D eigenvalue weighted by Crippen LogP contribution is -2.53. The van der Waals surface area contributed by atoms with Gasteiger partial charge in [-0.1, -0.05) is 0 Å². The van der Waals surface area contributed by atoms with Crippen molar-refractivity contribution in [2.75, 3.05) is 13.2 Å². The lowest BCUT2D eigenvalue weighted by molar-refractivity contribution is -0.286. The molecule has 21 heavy (non-hydrogen) atoms. The Morgan fingerprint density at radius 1 is 0.857 bits per heavy atom. The molecule has 2 heterocycles. The average molecular weight is 310 g/mol. The van der Waals surface area contributed by atoms with Crippen molar-refractivity contribution in [3.05, 3.63) is 0 Å². The molecule has 0 aromatic rings. The van der Waals surface area contributed by atoms with Gasteiger partial charge in [0.05, 0.1) is 25.4 Å². The summed E-state index contributed by atoms with van der Waals surface area (Å²) < 4.78 is 15.6. The maximum Gasteiger partial charge on any atom is 0.160 e. The van der Waals surface area contributed by atoms with Gasteiger partial charge in [-0.05, 0) is 0 Å². The number of aliphatic hydroxyl groups excluding tert-OH is 6. The summed E-state index contributed by atoms with van der Waals surface area (Å²) in [7, 11) is 0. The van der Waals surface area contributed by atoms with Crippen LogP contribution in [0.25, 0.3) is 0 Å². The Kier molecular flexibility index (Phi) is 5.88. The van der Waals surface area contributed by atoms with Crippen LogP contribution in [0.4, 0.5) is 0 Å². The number of ether oxygens (including phenoxy) is 3. The van der Waals surface area contributed by atoms with Gasteiger partial charge < -0.3 is 44.8 Å². The Labute approximate surface area is 121 Å². The highest BCUT2D eigenvalue weighted by atomic mass is 16.7. The van der Waals surface area contributed by atoms with Crippen molar-refractivity contribution in [3.8, 4) is 0 Å². The molecule has 0 radical (unpaired) electrons. The number of rotatable bonds is 4. The van der Waals surface area contributed by atoms with Gasteiger partial charge in [0.25, 0.3) is 0 Å². The third-order valence-electron chi connectivity index (χ3n) is 3.71. The Hall–Kier alpha value is -0.360. The van der Waals surface area contributed by atoms with Crippen LogP contribution in [0.1, 0.15) is 12.8 Å². The zero-order valence-electron chi connectivity index (χ0n) is 11.4. The summed E-state index contributed by atoms with van der Waals surface area (Å²) in [6, 6.07) is 0. The fourth-order valence-corrected chi connectivity index (χ4v) is 2.45. The molecule has 9 nitrogen and oxygen atoms in total. The van der Waals surface area contributed by atoms with Crippen molar-refractivity contribution >= 4 is 0 Å². The summed E-state index contributed by atoms with van der Waals surface area (Å²) in [5, 5.41) is 56.9. The Morgan fingerprint density at radius 3 is 2.14 bits per heavy atom. The van der Waals surface area contributed by atoms with Crippen LogP contribution in [0, 0.1) is 0 Å². The Balaban J connectivity index is 1.84. The van der Waals surface area contributed by atoms with E-state index in [4.69, 9.17) is 19.3 Å². The van der Waals surface area contributed by atoms with E-state index in [-0.39, 0.29) is 19.4 Å². The Morgan fingerprint density at radius 2 is 1.48 bits per heavy atom. The lowest BCUT2D eigenvalue weighted by atomic mass is 10.0. The molecule has 0 aromatic heterocycles. The van der Waals surface area contributed by atoms with Gasteiger partial charge in [-0.2, -0.15) is 0 Å². The molecule has 2 fully saturated rings. The lowest BCUT2D eigenvalue weighted by Gasteiger charge is -2.38. The summed E-state index contributed by atoms with van der Waals surface area (Å²) in [6.07, 6.45) is -8.72. The number of aliphatic hydroxyl groups is 6. The minimum Gasteiger partial charge on any atom is -0.394 e. The molecule has 2 unspecified atom stereocenters. The third-order valence-corrected chi connectivity index (χ3v) is 3.71. The van der Waals surface area contributed by atoms with Crippen molar-refractivity contribution in [1.29, 1.82) is 0 Å².